The SMILES string of the molecule is C[C@H](CO)N1C[C@H](C)[C@@H](CN(C)C(=O)C2CCCCC2)Oc2ncc(-c3ccncc3)cc2C1=O. The molecular weight excluding hydrogens is 444 g/mol. The molecule has 3 heterocycles. The molecule has 0 radical (unpaired) electrons. The number of hydrogen-bond donors (Lipinski definition) is 1. The van der Waals surface area contributed by atoms with Crippen LogP contribution in [0.15, 0.2) is 36.8 Å². The maximum Gasteiger partial charge on any atom is 0.259 e. The molecule has 1 fully saturated rings. The number of rotatable bonds is 6. The van der Waals surface area contributed by atoms with Crippen molar-refractivity contribution in [3.63, 3.8) is 0 Å². The Kier molecular flexibility index (Phi) is 8.00. The lowest BCUT2D eigenvalue weighted by Gasteiger charge is -2.38. The summed E-state index contributed by atoms with van der Waals surface area (Å²) in [5, 5.41) is 9.86. The van der Waals surface area contributed by atoms with Crippen LogP contribution in [0.5, 0.6) is 5.88 Å². The van der Waals surface area contributed by atoms with Crippen LogP contribution in [-0.2, 0) is 4.79 Å². The Morgan fingerprint density at radius 2 is 1.94 bits per heavy atom. The van der Waals surface area contributed by atoms with Crippen LogP contribution in [0.4, 0.5) is 0 Å². The number of likely N-dealkylation sites (N-methyl/N-ethyl adjacent to an activating group) is 1. The Balaban J connectivity index is 1.64. The van der Waals surface area contributed by atoms with Crippen LogP contribution in [0.3, 0.4) is 0 Å². The number of aliphatic hydroxyl groups excluding tert-OH is 1. The number of nitrogens with zero attached hydrogens (tertiary/aromatic N) is 4. The molecule has 8 heteroatoms. The summed E-state index contributed by atoms with van der Waals surface area (Å²) in [4.78, 5) is 38.8. The van der Waals surface area contributed by atoms with E-state index in [1.807, 2.05) is 33.0 Å². The smallest absolute Gasteiger partial charge is 0.259 e. The molecule has 2 aromatic rings. The van der Waals surface area contributed by atoms with E-state index < -0.39 is 0 Å². The number of pyridine rings is 2. The molecule has 1 aliphatic carbocycles. The molecule has 1 aliphatic heterocycles. The number of hydrogen-bond acceptors (Lipinski definition) is 6. The highest BCUT2D eigenvalue weighted by atomic mass is 16.5. The molecule has 0 aromatic carbocycles. The third-order valence-corrected chi connectivity index (χ3v) is 7.32. The topological polar surface area (TPSA) is 95.9 Å². The number of fused-ring (bicyclic) bond motifs is 1. The predicted molar refractivity (Wildman–Crippen MR) is 133 cm³/mol. The third kappa shape index (κ3) is 5.64. The van der Waals surface area contributed by atoms with Crippen LogP contribution >= 0.6 is 0 Å². The van der Waals surface area contributed by atoms with E-state index in [1.165, 1.54) is 6.42 Å². The van der Waals surface area contributed by atoms with E-state index in [2.05, 4.69) is 9.97 Å². The standard InChI is InChI=1S/C27H36N4O4/c1-18-15-31(19(2)17-32)27(34)23-13-22(20-9-11-28-12-10-20)14-29-25(23)35-24(18)16-30(3)26(33)21-7-5-4-6-8-21/h9-14,18-19,21,24,32H,4-8,15-17H2,1-3H3/t18-,19+,24+/m0/s1. The lowest BCUT2D eigenvalue weighted by molar-refractivity contribution is -0.136. The maximum atomic E-state index is 13.6. The van der Waals surface area contributed by atoms with Gasteiger partial charge in [-0.25, -0.2) is 4.98 Å². The molecule has 35 heavy (non-hydrogen) atoms. The van der Waals surface area contributed by atoms with Crippen LogP contribution < -0.4 is 4.74 Å². The van der Waals surface area contributed by atoms with Gasteiger partial charge in [0.15, 0.2) is 0 Å². The van der Waals surface area contributed by atoms with Crippen molar-refractivity contribution in [2.75, 3.05) is 26.7 Å². The van der Waals surface area contributed by atoms with E-state index in [0.29, 0.717) is 18.7 Å². The number of ether oxygens (including phenoxy) is 1. The average Bonchev–Trinajstić information content (AvgIpc) is 2.90. The third-order valence-electron chi connectivity index (χ3n) is 7.32. The van der Waals surface area contributed by atoms with E-state index in [1.54, 1.807) is 34.5 Å². The van der Waals surface area contributed by atoms with Gasteiger partial charge in [-0.1, -0.05) is 26.2 Å². The summed E-state index contributed by atoms with van der Waals surface area (Å²) in [6.45, 7) is 4.54. The zero-order valence-corrected chi connectivity index (χ0v) is 20.9. The Morgan fingerprint density at radius 3 is 2.63 bits per heavy atom. The fourth-order valence-electron chi connectivity index (χ4n) is 5.04. The lowest BCUT2D eigenvalue weighted by Crippen LogP contribution is -2.51. The molecule has 3 atom stereocenters. The number of aliphatic hydroxyl groups is 1. The summed E-state index contributed by atoms with van der Waals surface area (Å²) < 4.78 is 6.35. The molecule has 2 amide bonds. The van der Waals surface area contributed by atoms with Crippen LogP contribution in [-0.4, -0.2) is 75.6 Å². The van der Waals surface area contributed by atoms with E-state index in [9.17, 15) is 14.7 Å². The van der Waals surface area contributed by atoms with Gasteiger partial charge in [-0.15, -0.1) is 0 Å². The minimum atomic E-state index is -0.359. The first kappa shape index (κ1) is 25.1. The Morgan fingerprint density at radius 1 is 1.23 bits per heavy atom. The fourth-order valence-corrected chi connectivity index (χ4v) is 5.04. The van der Waals surface area contributed by atoms with Crippen LogP contribution in [0.1, 0.15) is 56.3 Å². The summed E-state index contributed by atoms with van der Waals surface area (Å²) in [6, 6.07) is 5.16. The molecule has 188 valence electrons. The van der Waals surface area contributed by atoms with Gasteiger partial charge in [-0.2, -0.15) is 0 Å². The van der Waals surface area contributed by atoms with Gasteiger partial charge in [-0.3, -0.25) is 14.6 Å². The van der Waals surface area contributed by atoms with E-state index in [4.69, 9.17) is 4.74 Å². The van der Waals surface area contributed by atoms with Crippen molar-refractivity contribution in [1.29, 1.82) is 0 Å². The van der Waals surface area contributed by atoms with Crippen LogP contribution in [0.25, 0.3) is 11.1 Å². The largest absolute Gasteiger partial charge is 0.472 e. The summed E-state index contributed by atoms with van der Waals surface area (Å²) in [5.74, 6) is 0.225. The number of aromatic nitrogens is 2. The van der Waals surface area contributed by atoms with Crippen LogP contribution in [0, 0.1) is 11.8 Å². The molecule has 0 bridgehead atoms. The number of amides is 2. The van der Waals surface area contributed by atoms with Crippen molar-refractivity contribution >= 4 is 11.8 Å². The van der Waals surface area contributed by atoms with Gasteiger partial charge >= 0.3 is 0 Å². The molecule has 8 nitrogen and oxygen atoms in total. The normalized spacial score (nSPS) is 21.9. The van der Waals surface area contributed by atoms with E-state index in [-0.39, 0.29) is 48.3 Å². The Hall–Kier alpha value is -3.00. The highest BCUT2D eigenvalue weighted by Gasteiger charge is 2.35. The fraction of sp³-hybridized carbons (Fsp3) is 0.556. The minimum absolute atomic E-state index is 0.0654. The van der Waals surface area contributed by atoms with Gasteiger partial charge in [0.2, 0.25) is 11.8 Å². The number of carbonyl (C=O) groups excluding carboxylic acids is 2. The molecule has 1 saturated carbocycles. The molecule has 0 saturated heterocycles. The van der Waals surface area contributed by atoms with Crippen molar-refractivity contribution in [2.24, 2.45) is 11.8 Å². The predicted octanol–water partition coefficient (Wildman–Crippen LogP) is 3.40. The quantitative estimate of drug-likeness (QED) is 0.681. The molecule has 0 spiro atoms. The summed E-state index contributed by atoms with van der Waals surface area (Å²) in [5.41, 5.74) is 2.04. The second-order valence-electron chi connectivity index (χ2n) is 9.99. The lowest BCUT2D eigenvalue weighted by atomic mass is 9.88. The average molecular weight is 481 g/mol. The van der Waals surface area contributed by atoms with Crippen molar-refractivity contribution < 1.29 is 19.4 Å². The van der Waals surface area contributed by atoms with Gasteiger partial charge in [0.1, 0.15) is 11.7 Å². The minimum Gasteiger partial charge on any atom is -0.472 e. The molecule has 2 aromatic heterocycles. The van der Waals surface area contributed by atoms with Gasteiger partial charge in [0.25, 0.3) is 5.91 Å². The van der Waals surface area contributed by atoms with Crippen molar-refractivity contribution in [1.82, 2.24) is 19.8 Å². The van der Waals surface area contributed by atoms with Gasteiger partial charge in [0.05, 0.1) is 19.2 Å². The first-order chi connectivity index (χ1) is 16.9. The molecule has 0 unspecified atom stereocenters. The first-order valence-electron chi connectivity index (χ1n) is 12.6. The summed E-state index contributed by atoms with van der Waals surface area (Å²) in [6.07, 6.45) is 10.1. The monoisotopic (exact) mass is 480 g/mol. The summed E-state index contributed by atoms with van der Waals surface area (Å²) >= 11 is 0. The second-order valence-corrected chi connectivity index (χ2v) is 9.99. The van der Waals surface area contributed by atoms with E-state index >= 15 is 0 Å². The highest BCUT2D eigenvalue weighted by Crippen LogP contribution is 2.31. The number of carbonyl (C=O) groups is 2. The highest BCUT2D eigenvalue weighted by molar-refractivity contribution is 5.98. The molecule has 1 N–H and O–H groups in total. The first-order valence-corrected chi connectivity index (χ1v) is 12.6. The van der Waals surface area contributed by atoms with Crippen LogP contribution in [0.2, 0.25) is 0 Å². The Bertz CT molecular complexity index is 1030. The maximum absolute atomic E-state index is 13.6. The zero-order valence-electron chi connectivity index (χ0n) is 20.9. The van der Waals surface area contributed by atoms with Gasteiger partial charge in [0, 0.05) is 49.6 Å². The zero-order chi connectivity index (χ0) is 24.9. The van der Waals surface area contributed by atoms with Crippen molar-refractivity contribution in [2.45, 2.75) is 58.1 Å². The van der Waals surface area contributed by atoms with Crippen molar-refractivity contribution in [3.05, 3.63) is 42.4 Å². The molecular formula is C27H36N4O4. The van der Waals surface area contributed by atoms with Gasteiger partial charge in [-0.05, 0) is 43.5 Å². The Labute approximate surface area is 207 Å². The van der Waals surface area contributed by atoms with Gasteiger partial charge < -0.3 is 19.6 Å². The summed E-state index contributed by atoms with van der Waals surface area (Å²) in [7, 11) is 1.84. The second kappa shape index (κ2) is 11.2. The molecule has 4 rings (SSSR count). The van der Waals surface area contributed by atoms with E-state index in [0.717, 1.165) is 36.8 Å². The molecule has 2 aliphatic rings. The van der Waals surface area contributed by atoms with Crippen molar-refractivity contribution in [3.8, 4) is 17.0 Å².